The molecular formula is C14H15Cl2N5OS. The van der Waals surface area contributed by atoms with Crippen LogP contribution in [0.5, 0.6) is 0 Å². The third kappa shape index (κ3) is 5.16. The summed E-state index contributed by atoms with van der Waals surface area (Å²) in [5, 5.41) is 4.14. The molecule has 2 rings (SSSR count). The molecule has 6 nitrogen and oxygen atoms in total. The fourth-order valence-corrected chi connectivity index (χ4v) is 2.79. The molecule has 0 aliphatic heterocycles. The monoisotopic (exact) mass is 371 g/mol. The number of nitrogens with zero attached hydrogens (tertiary/aromatic N) is 2. The highest BCUT2D eigenvalue weighted by molar-refractivity contribution is 7.99. The Morgan fingerprint density at radius 1 is 1.22 bits per heavy atom. The van der Waals surface area contributed by atoms with Gasteiger partial charge in [-0.3, -0.25) is 4.79 Å². The largest absolute Gasteiger partial charge is 0.383 e. The Balaban J connectivity index is 1.92. The van der Waals surface area contributed by atoms with Crippen LogP contribution in [0.15, 0.2) is 29.4 Å². The topological polar surface area (TPSA) is 107 Å². The maximum Gasteiger partial charge on any atom is 0.230 e. The number of thioether (sulfide) groups is 1. The molecule has 1 aromatic carbocycles. The Hall–Kier alpha value is -1.70. The van der Waals surface area contributed by atoms with Gasteiger partial charge in [-0.05, 0) is 24.6 Å². The number of nitrogens with two attached hydrogens (primary N) is 2. The Kier molecular flexibility index (Phi) is 5.92. The van der Waals surface area contributed by atoms with Crippen molar-refractivity contribution in [3.05, 3.63) is 39.9 Å². The van der Waals surface area contributed by atoms with Gasteiger partial charge in [0, 0.05) is 6.07 Å². The molecule has 5 N–H and O–H groups in total. The van der Waals surface area contributed by atoms with Crippen LogP contribution in [0.4, 0.5) is 11.6 Å². The van der Waals surface area contributed by atoms with Crippen LogP contribution in [0.2, 0.25) is 10.0 Å². The van der Waals surface area contributed by atoms with Crippen molar-refractivity contribution in [3.63, 3.8) is 0 Å². The molecule has 1 aromatic heterocycles. The van der Waals surface area contributed by atoms with Gasteiger partial charge in [-0.25, -0.2) is 9.97 Å². The third-order valence-electron chi connectivity index (χ3n) is 2.90. The first-order valence-corrected chi connectivity index (χ1v) is 8.36. The van der Waals surface area contributed by atoms with Gasteiger partial charge in [-0.15, -0.1) is 0 Å². The number of nitrogen functional groups attached to an aromatic ring is 2. The van der Waals surface area contributed by atoms with Gasteiger partial charge in [0.15, 0.2) is 5.16 Å². The van der Waals surface area contributed by atoms with E-state index < -0.39 is 0 Å². The summed E-state index contributed by atoms with van der Waals surface area (Å²) in [6, 6.07) is 6.48. The maximum absolute atomic E-state index is 12.0. The Bertz CT molecular complexity index is 708. The van der Waals surface area contributed by atoms with Crippen molar-refractivity contribution in [1.82, 2.24) is 15.3 Å². The second kappa shape index (κ2) is 7.72. The van der Waals surface area contributed by atoms with E-state index in [-0.39, 0.29) is 29.3 Å². The van der Waals surface area contributed by atoms with Crippen molar-refractivity contribution < 1.29 is 4.79 Å². The van der Waals surface area contributed by atoms with Crippen molar-refractivity contribution in [2.75, 3.05) is 17.2 Å². The van der Waals surface area contributed by atoms with E-state index in [9.17, 15) is 4.79 Å². The molecule has 9 heteroatoms. The summed E-state index contributed by atoms with van der Waals surface area (Å²) < 4.78 is 0. The first-order chi connectivity index (χ1) is 10.8. The quantitative estimate of drug-likeness (QED) is 0.550. The van der Waals surface area contributed by atoms with Crippen LogP contribution in [0.1, 0.15) is 18.5 Å². The van der Waals surface area contributed by atoms with Gasteiger partial charge in [-0.1, -0.05) is 41.0 Å². The molecule has 0 fully saturated rings. The van der Waals surface area contributed by atoms with Crippen LogP contribution >= 0.6 is 35.0 Å². The van der Waals surface area contributed by atoms with E-state index in [1.165, 1.54) is 6.07 Å². The molecule has 0 saturated carbocycles. The average Bonchev–Trinajstić information content (AvgIpc) is 2.47. The molecule has 0 aliphatic carbocycles. The number of halogens is 2. The summed E-state index contributed by atoms with van der Waals surface area (Å²) in [6.07, 6.45) is 0. The summed E-state index contributed by atoms with van der Waals surface area (Å²) in [7, 11) is 0. The number of benzene rings is 1. The fourth-order valence-electron chi connectivity index (χ4n) is 1.80. The number of aromatic nitrogens is 2. The second-order valence-corrected chi connectivity index (χ2v) is 6.51. The van der Waals surface area contributed by atoms with Crippen LogP contribution < -0.4 is 16.8 Å². The normalized spacial score (nSPS) is 12.0. The van der Waals surface area contributed by atoms with Gasteiger partial charge in [0.1, 0.15) is 11.6 Å². The third-order valence-corrected chi connectivity index (χ3v) is 4.49. The highest BCUT2D eigenvalue weighted by atomic mass is 35.5. The number of rotatable bonds is 5. The molecule has 0 radical (unpaired) electrons. The van der Waals surface area contributed by atoms with Crippen LogP contribution in [0.25, 0.3) is 0 Å². The van der Waals surface area contributed by atoms with Crippen molar-refractivity contribution in [3.8, 4) is 0 Å². The minimum atomic E-state index is -0.204. The Morgan fingerprint density at radius 2 is 1.87 bits per heavy atom. The first kappa shape index (κ1) is 17.7. The molecule has 2 aromatic rings. The van der Waals surface area contributed by atoms with E-state index in [1.807, 2.05) is 13.0 Å². The lowest BCUT2D eigenvalue weighted by molar-refractivity contribution is -0.119. The van der Waals surface area contributed by atoms with Crippen LogP contribution in [-0.2, 0) is 4.79 Å². The Labute approximate surface area is 148 Å². The zero-order chi connectivity index (χ0) is 17.0. The molecule has 1 atom stereocenters. The standard InChI is InChI=1S/C14H15Cl2N5OS/c1-7(8-2-3-9(15)10(16)4-8)19-13(22)6-23-14-20-11(17)5-12(18)21-14/h2-5,7H,6H2,1H3,(H,19,22)(H4,17,18,20,21). The van der Waals surface area contributed by atoms with E-state index in [1.54, 1.807) is 12.1 Å². The fraction of sp³-hybridized carbons (Fsp3) is 0.214. The minimum absolute atomic E-state index is 0.147. The van der Waals surface area contributed by atoms with Gasteiger partial charge in [0.25, 0.3) is 0 Å². The molecule has 122 valence electrons. The van der Waals surface area contributed by atoms with Crippen LogP contribution in [0, 0.1) is 0 Å². The first-order valence-electron chi connectivity index (χ1n) is 6.62. The zero-order valence-electron chi connectivity index (χ0n) is 12.2. The number of anilines is 2. The lowest BCUT2D eigenvalue weighted by Crippen LogP contribution is -2.28. The van der Waals surface area contributed by atoms with Gasteiger partial charge < -0.3 is 16.8 Å². The number of nitrogens with one attached hydrogen (secondary N) is 1. The highest BCUT2D eigenvalue weighted by Gasteiger charge is 2.12. The summed E-state index contributed by atoms with van der Waals surface area (Å²) in [5.41, 5.74) is 12.0. The molecule has 1 heterocycles. The lowest BCUT2D eigenvalue weighted by Gasteiger charge is -2.14. The zero-order valence-corrected chi connectivity index (χ0v) is 14.5. The van der Waals surface area contributed by atoms with Crippen molar-refractivity contribution in [1.29, 1.82) is 0 Å². The van der Waals surface area contributed by atoms with E-state index in [0.717, 1.165) is 17.3 Å². The summed E-state index contributed by atoms with van der Waals surface area (Å²) in [6.45, 7) is 1.86. The van der Waals surface area contributed by atoms with Gasteiger partial charge in [0.05, 0.1) is 21.8 Å². The van der Waals surface area contributed by atoms with E-state index in [2.05, 4.69) is 15.3 Å². The number of carbonyl (C=O) groups excluding carboxylic acids is 1. The minimum Gasteiger partial charge on any atom is -0.383 e. The SMILES string of the molecule is CC(NC(=O)CSc1nc(N)cc(N)n1)c1ccc(Cl)c(Cl)c1. The van der Waals surface area contributed by atoms with Gasteiger partial charge >= 0.3 is 0 Å². The molecule has 0 saturated heterocycles. The van der Waals surface area contributed by atoms with Crippen molar-refractivity contribution in [2.45, 2.75) is 18.1 Å². The highest BCUT2D eigenvalue weighted by Crippen LogP contribution is 2.25. The molecule has 1 unspecified atom stereocenters. The molecule has 23 heavy (non-hydrogen) atoms. The van der Waals surface area contributed by atoms with Gasteiger partial charge in [0.2, 0.25) is 5.91 Å². The second-order valence-electron chi connectivity index (χ2n) is 4.75. The number of amides is 1. The predicted molar refractivity (Wildman–Crippen MR) is 94.6 cm³/mol. The molecule has 0 spiro atoms. The molecule has 1 amide bonds. The smallest absolute Gasteiger partial charge is 0.230 e. The summed E-state index contributed by atoms with van der Waals surface area (Å²) >= 11 is 13.0. The molecular weight excluding hydrogens is 357 g/mol. The molecule has 0 bridgehead atoms. The number of hydrogen-bond acceptors (Lipinski definition) is 6. The predicted octanol–water partition coefficient (Wildman–Crippen LogP) is 2.92. The summed E-state index contributed by atoms with van der Waals surface area (Å²) in [4.78, 5) is 20.0. The van der Waals surface area contributed by atoms with E-state index >= 15 is 0 Å². The van der Waals surface area contributed by atoms with Crippen LogP contribution in [-0.4, -0.2) is 21.6 Å². The van der Waals surface area contributed by atoms with Crippen molar-refractivity contribution in [2.24, 2.45) is 0 Å². The lowest BCUT2D eigenvalue weighted by atomic mass is 10.1. The maximum atomic E-state index is 12.0. The van der Waals surface area contributed by atoms with Crippen molar-refractivity contribution >= 4 is 52.5 Å². The average molecular weight is 372 g/mol. The molecule has 0 aliphatic rings. The van der Waals surface area contributed by atoms with Crippen LogP contribution in [0.3, 0.4) is 0 Å². The number of carbonyl (C=O) groups is 1. The van der Waals surface area contributed by atoms with E-state index in [0.29, 0.717) is 15.2 Å². The Morgan fingerprint density at radius 3 is 2.48 bits per heavy atom. The van der Waals surface area contributed by atoms with Gasteiger partial charge in [-0.2, -0.15) is 0 Å². The number of hydrogen-bond donors (Lipinski definition) is 3. The van der Waals surface area contributed by atoms with E-state index in [4.69, 9.17) is 34.7 Å². The summed E-state index contributed by atoms with van der Waals surface area (Å²) in [5.74, 6) is 0.515.